The molecule has 2 aromatic heterocycles. The summed E-state index contributed by atoms with van der Waals surface area (Å²) in [5.41, 5.74) is 2.23. The van der Waals surface area contributed by atoms with Gasteiger partial charge in [-0.25, -0.2) is 4.68 Å². The highest BCUT2D eigenvalue weighted by Crippen LogP contribution is 2.24. The topological polar surface area (TPSA) is 64.3 Å². The second-order valence-corrected chi connectivity index (χ2v) is 8.02. The number of ether oxygens (including phenoxy) is 1. The molecule has 1 saturated heterocycles. The lowest BCUT2D eigenvalue weighted by Gasteiger charge is -2.31. The number of amides is 1. The van der Waals surface area contributed by atoms with E-state index in [0.717, 1.165) is 50.4 Å². The maximum Gasteiger partial charge on any atom is 0.223 e. The van der Waals surface area contributed by atoms with Crippen LogP contribution in [0, 0.1) is 5.92 Å². The Balaban J connectivity index is 1.40. The predicted octanol–water partition coefficient (Wildman–Crippen LogP) is 3.03. The largest absolute Gasteiger partial charge is 0.385 e. The number of rotatable bonds is 9. The molecule has 0 aliphatic carbocycles. The first-order chi connectivity index (χ1) is 15.3. The molecule has 0 saturated carbocycles. The number of piperidine rings is 1. The van der Waals surface area contributed by atoms with Crippen LogP contribution in [0.5, 0.6) is 0 Å². The number of nitrogens with zero attached hydrogens (tertiary/aromatic N) is 4. The minimum atomic E-state index is 0.106. The summed E-state index contributed by atoms with van der Waals surface area (Å²) in [6.45, 7) is 4.02. The van der Waals surface area contributed by atoms with Gasteiger partial charge in [-0.15, -0.1) is 0 Å². The number of nitrogens with one attached hydrogen (secondary N) is 1. The number of benzene rings is 1. The molecule has 0 bridgehead atoms. The maximum atomic E-state index is 12.4. The lowest BCUT2D eigenvalue weighted by Crippen LogP contribution is -2.40. The Labute approximate surface area is 183 Å². The molecule has 0 radical (unpaired) electrons. The molecule has 0 unspecified atom stereocenters. The van der Waals surface area contributed by atoms with Gasteiger partial charge in [0.1, 0.15) is 5.82 Å². The summed E-state index contributed by atoms with van der Waals surface area (Å²) in [5, 5.41) is 7.74. The van der Waals surface area contributed by atoms with Crippen LogP contribution in [0.25, 0.3) is 11.5 Å². The smallest absolute Gasteiger partial charge is 0.223 e. The minimum Gasteiger partial charge on any atom is -0.385 e. The molecule has 1 amide bonds. The first-order valence-electron chi connectivity index (χ1n) is 11.0. The molecule has 0 atom stereocenters. The standard InChI is InChI=1S/C24H31N5O2/c1-31-17-7-12-25-23(30)20-10-15-27(16-11-20)19-21-18-26-29(22-8-3-2-4-9-22)24(21)28-13-5-6-14-28/h2-6,8-9,13-14,18,20H,7,10-12,15-17,19H2,1H3,(H,25,30). The summed E-state index contributed by atoms with van der Waals surface area (Å²) in [6.07, 6.45) is 8.72. The van der Waals surface area contributed by atoms with Crippen LogP contribution < -0.4 is 5.32 Å². The van der Waals surface area contributed by atoms with Gasteiger partial charge in [0.15, 0.2) is 0 Å². The van der Waals surface area contributed by atoms with Gasteiger partial charge in [-0.2, -0.15) is 5.10 Å². The second kappa shape index (κ2) is 10.4. The zero-order chi connectivity index (χ0) is 21.5. The number of para-hydroxylation sites is 1. The Bertz CT molecular complexity index is 944. The zero-order valence-electron chi connectivity index (χ0n) is 18.1. The van der Waals surface area contributed by atoms with Crippen molar-refractivity contribution in [2.75, 3.05) is 33.4 Å². The molecule has 7 heteroatoms. The van der Waals surface area contributed by atoms with Gasteiger partial charge in [0, 0.05) is 50.7 Å². The number of likely N-dealkylation sites (tertiary alicyclic amines) is 1. The Morgan fingerprint density at radius 1 is 1.13 bits per heavy atom. The third-order valence-corrected chi connectivity index (χ3v) is 5.84. The van der Waals surface area contributed by atoms with E-state index in [9.17, 15) is 4.79 Å². The highest BCUT2D eigenvalue weighted by Gasteiger charge is 2.26. The average Bonchev–Trinajstić information content (AvgIpc) is 3.47. The Kier molecular flexibility index (Phi) is 7.17. The van der Waals surface area contributed by atoms with Crippen molar-refractivity contribution in [3.8, 4) is 11.5 Å². The van der Waals surface area contributed by atoms with Crippen molar-refractivity contribution in [2.45, 2.75) is 25.8 Å². The highest BCUT2D eigenvalue weighted by molar-refractivity contribution is 5.78. The molecule has 0 spiro atoms. The lowest BCUT2D eigenvalue weighted by atomic mass is 9.95. The van der Waals surface area contributed by atoms with Crippen LogP contribution in [0.15, 0.2) is 61.1 Å². The van der Waals surface area contributed by atoms with E-state index in [0.29, 0.717) is 13.2 Å². The molecule has 1 aliphatic rings. The summed E-state index contributed by atoms with van der Waals surface area (Å²) >= 11 is 0. The molecule has 1 aromatic carbocycles. The predicted molar refractivity (Wildman–Crippen MR) is 120 cm³/mol. The summed E-state index contributed by atoms with van der Waals surface area (Å²) in [6, 6.07) is 14.3. The summed E-state index contributed by atoms with van der Waals surface area (Å²) < 4.78 is 9.16. The number of methoxy groups -OCH3 is 1. The molecule has 3 aromatic rings. The van der Waals surface area contributed by atoms with Crippen LogP contribution in [0.2, 0.25) is 0 Å². The van der Waals surface area contributed by atoms with E-state index in [1.54, 1.807) is 7.11 Å². The summed E-state index contributed by atoms with van der Waals surface area (Å²) in [4.78, 5) is 14.8. The molecule has 1 aliphatic heterocycles. The van der Waals surface area contributed by atoms with E-state index in [1.807, 2.05) is 41.2 Å². The van der Waals surface area contributed by atoms with E-state index in [4.69, 9.17) is 9.84 Å². The van der Waals surface area contributed by atoms with Crippen LogP contribution in [-0.4, -0.2) is 58.5 Å². The van der Waals surface area contributed by atoms with Gasteiger partial charge in [-0.05, 0) is 56.6 Å². The minimum absolute atomic E-state index is 0.106. The van der Waals surface area contributed by atoms with E-state index in [-0.39, 0.29) is 11.8 Å². The number of carbonyl (C=O) groups excluding carboxylic acids is 1. The van der Waals surface area contributed by atoms with Gasteiger partial charge >= 0.3 is 0 Å². The van der Waals surface area contributed by atoms with E-state index >= 15 is 0 Å². The van der Waals surface area contributed by atoms with E-state index in [2.05, 4.69) is 39.3 Å². The van der Waals surface area contributed by atoms with Crippen molar-refractivity contribution in [1.82, 2.24) is 24.6 Å². The Morgan fingerprint density at radius 3 is 2.58 bits per heavy atom. The molecule has 31 heavy (non-hydrogen) atoms. The number of aromatic nitrogens is 3. The SMILES string of the molecule is COCCCNC(=O)C1CCN(Cc2cnn(-c3ccccc3)c2-n2cccc2)CC1. The molecule has 7 nitrogen and oxygen atoms in total. The highest BCUT2D eigenvalue weighted by atomic mass is 16.5. The van der Waals surface area contributed by atoms with Crippen LogP contribution in [-0.2, 0) is 16.1 Å². The van der Waals surface area contributed by atoms with Crippen molar-refractivity contribution in [3.05, 3.63) is 66.6 Å². The molecule has 164 valence electrons. The van der Waals surface area contributed by atoms with Gasteiger partial charge in [0.05, 0.1) is 11.9 Å². The molecule has 1 N–H and O–H groups in total. The van der Waals surface area contributed by atoms with Crippen molar-refractivity contribution >= 4 is 5.91 Å². The quantitative estimate of drug-likeness (QED) is 0.540. The van der Waals surface area contributed by atoms with Crippen LogP contribution in [0.4, 0.5) is 0 Å². The first-order valence-corrected chi connectivity index (χ1v) is 11.0. The van der Waals surface area contributed by atoms with E-state index < -0.39 is 0 Å². The van der Waals surface area contributed by atoms with Crippen LogP contribution in [0.3, 0.4) is 0 Å². The van der Waals surface area contributed by atoms with Crippen molar-refractivity contribution < 1.29 is 9.53 Å². The maximum absolute atomic E-state index is 12.4. The monoisotopic (exact) mass is 421 g/mol. The first kappa shape index (κ1) is 21.3. The molecular formula is C24H31N5O2. The van der Waals surface area contributed by atoms with Gasteiger partial charge in [-0.3, -0.25) is 9.69 Å². The zero-order valence-corrected chi connectivity index (χ0v) is 18.1. The van der Waals surface area contributed by atoms with Crippen LogP contribution >= 0.6 is 0 Å². The fraction of sp³-hybridized carbons (Fsp3) is 0.417. The van der Waals surface area contributed by atoms with Crippen molar-refractivity contribution in [3.63, 3.8) is 0 Å². The average molecular weight is 422 g/mol. The Morgan fingerprint density at radius 2 is 1.87 bits per heavy atom. The number of hydrogen-bond donors (Lipinski definition) is 1. The fourth-order valence-electron chi connectivity index (χ4n) is 4.16. The lowest BCUT2D eigenvalue weighted by molar-refractivity contribution is -0.126. The van der Waals surface area contributed by atoms with Crippen molar-refractivity contribution in [2.24, 2.45) is 5.92 Å². The normalized spacial score (nSPS) is 15.3. The van der Waals surface area contributed by atoms with Gasteiger partial charge < -0.3 is 14.6 Å². The summed E-state index contributed by atoms with van der Waals surface area (Å²) in [7, 11) is 1.68. The van der Waals surface area contributed by atoms with E-state index in [1.165, 1.54) is 5.56 Å². The third kappa shape index (κ3) is 5.24. The number of carbonyl (C=O) groups is 1. The second-order valence-electron chi connectivity index (χ2n) is 8.02. The van der Waals surface area contributed by atoms with Gasteiger partial charge in [-0.1, -0.05) is 18.2 Å². The Hall–Kier alpha value is -2.90. The van der Waals surface area contributed by atoms with Crippen LogP contribution in [0.1, 0.15) is 24.8 Å². The number of hydrogen-bond acceptors (Lipinski definition) is 4. The van der Waals surface area contributed by atoms with Gasteiger partial charge in [0.2, 0.25) is 5.91 Å². The van der Waals surface area contributed by atoms with Gasteiger partial charge in [0.25, 0.3) is 0 Å². The van der Waals surface area contributed by atoms with Crippen molar-refractivity contribution in [1.29, 1.82) is 0 Å². The molecule has 4 rings (SSSR count). The molecular weight excluding hydrogens is 390 g/mol. The third-order valence-electron chi connectivity index (χ3n) is 5.84. The summed E-state index contributed by atoms with van der Waals surface area (Å²) in [5.74, 6) is 1.35. The fourth-order valence-corrected chi connectivity index (χ4v) is 4.16. The molecule has 3 heterocycles. The molecule has 1 fully saturated rings.